The van der Waals surface area contributed by atoms with Crippen molar-refractivity contribution in [3.05, 3.63) is 71.9 Å². The highest BCUT2D eigenvalue weighted by molar-refractivity contribution is 6.01. The number of methoxy groups -OCH3 is 1. The van der Waals surface area contributed by atoms with Crippen LogP contribution in [-0.4, -0.2) is 43.5 Å². The maximum Gasteiger partial charge on any atom is 0.119 e. The van der Waals surface area contributed by atoms with E-state index in [9.17, 15) is 0 Å². The predicted molar refractivity (Wildman–Crippen MR) is 104 cm³/mol. The average Bonchev–Trinajstić information content (AvgIpc) is 3.19. The molecule has 4 rings (SSSR count). The van der Waals surface area contributed by atoms with Crippen LogP contribution in [0.4, 0.5) is 0 Å². The summed E-state index contributed by atoms with van der Waals surface area (Å²) in [5.41, 5.74) is 4.86. The van der Waals surface area contributed by atoms with Crippen LogP contribution >= 0.6 is 0 Å². The second kappa shape index (κ2) is 7.85. The smallest absolute Gasteiger partial charge is 0.119 e. The van der Waals surface area contributed by atoms with Crippen LogP contribution in [0.3, 0.4) is 0 Å². The fourth-order valence-electron chi connectivity index (χ4n) is 3.53. The lowest BCUT2D eigenvalue weighted by atomic mass is 10.00. The lowest BCUT2D eigenvalue weighted by molar-refractivity contribution is 0.00282. The van der Waals surface area contributed by atoms with Crippen molar-refractivity contribution in [3.8, 4) is 5.75 Å². The summed E-state index contributed by atoms with van der Waals surface area (Å²) < 4.78 is 11.4. The van der Waals surface area contributed by atoms with Gasteiger partial charge in [-0.2, -0.15) is 0 Å². The van der Waals surface area contributed by atoms with E-state index in [1.807, 2.05) is 18.3 Å². The fourth-order valence-corrected chi connectivity index (χ4v) is 3.53. The number of allylic oxidation sites excluding steroid dienone is 1. The van der Waals surface area contributed by atoms with Crippen LogP contribution in [-0.2, 0) is 11.3 Å². The molecule has 4 heteroatoms. The normalized spacial score (nSPS) is 20.6. The Balaban J connectivity index is 1.38. The first-order chi connectivity index (χ1) is 12.8. The zero-order valence-corrected chi connectivity index (χ0v) is 15.1. The van der Waals surface area contributed by atoms with E-state index in [1.165, 1.54) is 16.7 Å². The molecule has 0 amide bonds. The lowest BCUT2D eigenvalue weighted by Crippen LogP contribution is -2.45. The van der Waals surface area contributed by atoms with Gasteiger partial charge in [-0.05, 0) is 28.8 Å². The maximum absolute atomic E-state index is 6.03. The molecule has 2 aliphatic heterocycles. The van der Waals surface area contributed by atoms with Gasteiger partial charge in [0.25, 0.3) is 0 Å². The number of morpholine rings is 1. The molecule has 0 aliphatic carbocycles. The first-order valence-corrected chi connectivity index (χ1v) is 9.10. The van der Waals surface area contributed by atoms with Crippen LogP contribution in [0.5, 0.6) is 5.75 Å². The number of rotatable bonds is 5. The van der Waals surface area contributed by atoms with Crippen molar-refractivity contribution < 1.29 is 9.47 Å². The third-order valence-corrected chi connectivity index (χ3v) is 4.97. The quantitative estimate of drug-likeness (QED) is 0.825. The molecule has 2 aromatic rings. The van der Waals surface area contributed by atoms with E-state index < -0.39 is 0 Å². The summed E-state index contributed by atoms with van der Waals surface area (Å²) >= 11 is 0. The molecule has 1 unspecified atom stereocenters. The van der Waals surface area contributed by atoms with Crippen LogP contribution in [0.25, 0.3) is 5.57 Å². The topological polar surface area (TPSA) is 34.1 Å². The van der Waals surface area contributed by atoms with Crippen molar-refractivity contribution in [1.29, 1.82) is 0 Å². The minimum atomic E-state index is 0.0758. The molecule has 2 aliphatic rings. The van der Waals surface area contributed by atoms with E-state index >= 15 is 0 Å². The van der Waals surface area contributed by atoms with Crippen LogP contribution < -0.4 is 4.74 Å². The Labute approximate surface area is 154 Å². The molecular formula is C22H24N2O2. The molecule has 2 heterocycles. The summed E-state index contributed by atoms with van der Waals surface area (Å²) in [7, 11) is 1.70. The van der Waals surface area contributed by atoms with Gasteiger partial charge in [-0.15, -0.1) is 0 Å². The molecule has 0 bridgehead atoms. The van der Waals surface area contributed by atoms with Crippen LogP contribution in [0.2, 0.25) is 0 Å². The van der Waals surface area contributed by atoms with Gasteiger partial charge in [-0.1, -0.05) is 42.5 Å². The molecular weight excluding hydrogens is 324 g/mol. The number of nitrogens with zero attached hydrogens (tertiary/aromatic N) is 2. The summed E-state index contributed by atoms with van der Waals surface area (Å²) in [4.78, 5) is 7.13. The van der Waals surface area contributed by atoms with E-state index in [0.717, 1.165) is 44.1 Å². The molecule has 26 heavy (non-hydrogen) atoms. The van der Waals surface area contributed by atoms with Crippen LogP contribution in [0.15, 0.2) is 65.8 Å². The summed E-state index contributed by atoms with van der Waals surface area (Å²) in [6, 6.07) is 18.8. The Bertz CT molecular complexity index is 814. The molecule has 4 nitrogen and oxygen atoms in total. The third kappa shape index (κ3) is 3.87. The highest BCUT2D eigenvalue weighted by Gasteiger charge is 2.27. The summed E-state index contributed by atoms with van der Waals surface area (Å²) in [6.07, 6.45) is 2.90. The van der Waals surface area contributed by atoms with Crippen molar-refractivity contribution in [2.45, 2.75) is 19.1 Å². The molecule has 0 radical (unpaired) electrons. The van der Waals surface area contributed by atoms with Crippen LogP contribution in [0, 0.1) is 0 Å². The van der Waals surface area contributed by atoms with Gasteiger partial charge in [0.05, 0.1) is 19.4 Å². The highest BCUT2D eigenvalue weighted by atomic mass is 16.5. The van der Waals surface area contributed by atoms with Gasteiger partial charge in [-0.3, -0.25) is 9.89 Å². The van der Waals surface area contributed by atoms with Crippen molar-refractivity contribution in [2.24, 2.45) is 4.99 Å². The Kier molecular flexibility index (Phi) is 5.14. The van der Waals surface area contributed by atoms with Crippen molar-refractivity contribution in [3.63, 3.8) is 0 Å². The van der Waals surface area contributed by atoms with E-state index in [4.69, 9.17) is 9.47 Å². The van der Waals surface area contributed by atoms with Gasteiger partial charge in [0.2, 0.25) is 0 Å². The lowest BCUT2D eigenvalue weighted by Gasteiger charge is -2.33. The number of aliphatic imine (C=N–C) groups is 1. The SMILES string of the molecule is COc1cccc(C2=CN=C(C3CN(Cc4ccccc4)CCO3)C2)c1. The van der Waals surface area contributed by atoms with Gasteiger partial charge in [-0.25, -0.2) is 0 Å². The summed E-state index contributed by atoms with van der Waals surface area (Å²) in [6.45, 7) is 3.58. The molecule has 1 atom stereocenters. The minimum absolute atomic E-state index is 0.0758. The number of benzene rings is 2. The Morgan fingerprint density at radius 3 is 2.88 bits per heavy atom. The van der Waals surface area contributed by atoms with Crippen LogP contribution in [0.1, 0.15) is 17.5 Å². The molecule has 1 saturated heterocycles. The van der Waals surface area contributed by atoms with E-state index in [0.29, 0.717) is 0 Å². The number of ether oxygens (including phenoxy) is 2. The van der Waals surface area contributed by atoms with E-state index in [-0.39, 0.29) is 6.10 Å². The zero-order chi connectivity index (χ0) is 17.8. The second-order valence-corrected chi connectivity index (χ2v) is 6.76. The Morgan fingerprint density at radius 2 is 2.04 bits per heavy atom. The maximum atomic E-state index is 6.03. The second-order valence-electron chi connectivity index (χ2n) is 6.76. The first-order valence-electron chi connectivity index (χ1n) is 9.10. The molecule has 0 spiro atoms. The molecule has 134 valence electrons. The Morgan fingerprint density at radius 1 is 1.15 bits per heavy atom. The average molecular weight is 348 g/mol. The van der Waals surface area contributed by atoms with E-state index in [2.05, 4.69) is 52.4 Å². The van der Waals surface area contributed by atoms with Gasteiger partial charge >= 0.3 is 0 Å². The molecule has 0 saturated carbocycles. The van der Waals surface area contributed by atoms with Crippen molar-refractivity contribution in [1.82, 2.24) is 4.90 Å². The largest absolute Gasteiger partial charge is 0.497 e. The van der Waals surface area contributed by atoms with Gasteiger partial charge in [0.1, 0.15) is 11.9 Å². The molecule has 0 aromatic heterocycles. The summed E-state index contributed by atoms with van der Waals surface area (Å²) in [5, 5.41) is 0. The highest BCUT2D eigenvalue weighted by Crippen LogP contribution is 2.28. The van der Waals surface area contributed by atoms with E-state index in [1.54, 1.807) is 7.11 Å². The summed E-state index contributed by atoms with van der Waals surface area (Å²) in [5.74, 6) is 0.875. The standard InChI is InChI=1S/C22H24N2O2/c1-25-20-9-5-8-18(12-20)19-13-21(23-14-19)22-16-24(10-11-26-22)15-17-6-3-2-4-7-17/h2-9,12,14,22H,10-11,13,15-16H2,1H3. The number of hydrogen-bond donors (Lipinski definition) is 0. The monoisotopic (exact) mass is 348 g/mol. The minimum Gasteiger partial charge on any atom is -0.497 e. The van der Waals surface area contributed by atoms with Gasteiger partial charge < -0.3 is 9.47 Å². The third-order valence-electron chi connectivity index (χ3n) is 4.97. The molecule has 0 N–H and O–H groups in total. The fraction of sp³-hybridized carbons (Fsp3) is 0.318. The van der Waals surface area contributed by atoms with Crippen molar-refractivity contribution >= 4 is 11.3 Å². The van der Waals surface area contributed by atoms with Gasteiger partial charge in [0, 0.05) is 32.3 Å². The zero-order valence-electron chi connectivity index (χ0n) is 15.1. The van der Waals surface area contributed by atoms with Gasteiger partial charge in [0.15, 0.2) is 0 Å². The Hall–Kier alpha value is -2.43. The predicted octanol–water partition coefficient (Wildman–Crippen LogP) is 3.78. The first kappa shape index (κ1) is 17.0. The number of hydrogen-bond acceptors (Lipinski definition) is 4. The molecule has 1 fully saturated rings. The molecule has 2 aromatic carbocycles. The van der Waals surface area contributed by atoms with Crippen molar-refractivity contribution in [2.75, 3.05) is 26.8 Å².